The summed E-state index contributed by atoms with van der Waals surface area (Å²) in [5.41, 5.74) is -1.29. The molecule has 5 nitrogen and oxygen atoms in total. The molecule has 0 aliphatic rings. The van der Waals surface area contributed by atoms with Crippen molar-refractivity contribution >= 4 is 13.6 Å². The third-order valence-corrected chi connectivity index (χ3v) is 5.53. The SMILES string of the molecule is CCCCCCCCCCOC(=O)C(CCCCCC)P(=O)(O)O.[H-].[Na+]. The Morgan fingerprint density at radius 2 is 1.32 bits per heavy atom. The molecule has 0 aliphatic carbocycles. The number of ether oxygens (including phenoxy) is 1. The van der Waals surface area contributed by atoms with Gasteiger partial charge in [-0.25, -0.2) is 0 Å². The van der Waals surface area contributed by atoms with E-state index >= 15 is 0 Å². The first kappa shape index (κ1) is 27.8. The topological polar surface area (TPSA) is 83.8 Å². The van der Waals surface area contributed by atoms with Crippen LogP contribution in [0.2, 0.25) is 0 Å². The summed E-state index contributed by atoms with van der Waals surface area (Å²) in [7, 11) is -4.43. The van der Waals surface area contributed by atoms with E-state index < -0.39 is 19.2 Å². The monoisotopic (exact) mass is 388 g/mol. The van der Waals surface area contributed by atoms with Crippen LogP contribution in [0.15, 0.2) is 0 Å². The molecule has 0 spiro atoms. The van der Waals surface area contributed by atoms with E-state index in [-0.39, 0.29) is 44.0 Å². The van der Waals surface area contributed by atoms with E-state index in [0.717, 1.165) is 38.5 Å². The minimum Gasteiger partial charge on any atom is -1.00 e. The van der Waals surface area contributed by atoms with Crippen LogP contribution in [0.25, 0.3) is 0 Å². The third-order valence-electron chi connectivity index (χ3n) is 4.25. The molecule has 0 radical (unpaired) electrons. The fourth-order valence-electron chi connectivity index (χ4n) is 2.69. The Hall–Kier alpha value is 0.620. The zero-order valence-electron chi connectivity index (χ0n) is 17.5. The molecule has 0 saturated carbocycles. The summed E-state index contributed by atoms with van der Waals surface area (Å²) >= 11 is 0. The van der Waals surface area contributed by atoms with Gasteiger partial charge in [-0.15, -0.1) is 0 Å². The summed E-state index contributed by atoms with van der Waals surface area (Å²) < 4.78 is 16.6. The Labute approximate surface area is 177 Å². The van der Waals surface area contributed by atoms with Gasteiger partial charge in [0.25, 0.3) is 0 Å². The molecule has 1 unspecified atom stereocenters. The van der Waals surface area contributed by atoms with Crippen LogP contribution in [0.3, 0.4) is 0 Å². The molecule has 7 heteroatoms. The first-order valence-corrected chi connectivity index (χ1v) is 11.3. The van der Waals surface area contributed by atoms with E-state index in [1.807, 2.05) is 0 Å². The first-order chi connectivity index (χ1) is 11.4. The summed E-state index contributed by atoms with van der Waals surface area (Å²) in [5, 5.41) is 0. The Balaban J connectivity index is -0.00000264. The number of unbranched alkanes of at least 4 members (excludes halogenated alkanes) is 10. The number of carbonyl (C=O) groups is 1. The van der Waals surface area contributed by atoms with Gasteiger partial charge in [-0.1, -0.05) is 84.5 Å². The third kappa shape index (κ3) is 16.5. The standard InChI is InChI=1S/C18H37O5P.Na.H/c1-3-5-7-9-10-11-12-14-16-23-18(19)17(24(20,21)22)15-13-8-6-4-2;;/h17H,3-16H2,1-2H3,(H2,20,21,22);;/q;+1;-1. The van der Waals surface area contributed by atoms with Crippen LogP contribution in [0, 0.1) is 0 Å². The van der Waals surface area contributed by atoms with E-state index in [2.05, 4.69) is 13.8 Å². The molecule has 2 N–H and O–H groups in total. The first-order valence-electron chi connectivity index (χ1n) is 9.65. The van der Waals surface area contributed by atoms with Gasteiger partial charge in [0.05, 0.1) is 6.61 Å². The van der Waals surface area contributed by atoms with E-state index in [0.29, 0.717) is 6.42 Å². The van der Waals surface area contributed by atoms with E-state index in [4.69, 9.17) is 4.74 Å². The number of hydrogen-bond acceptors (Lipinski definition) is 3. The van der Waals surface area contributed by atoms with Crippen molar-refractivity contribution in [2.24, 2.45) is 0 Å². The van der Waals surface area contributed by atoms with Gasteiger partial charge in [-0.05, 0) is 12.8 Å². The number of rotatable bonds is 16. The van der Waals surface area contributed by atoms with Crippen molar-refractivity contribution in [1.82, 2.24) is 0 Å². The number of hydrogen-bond donors (Lipinski definition) is 2. The molecule has 0 fully saturated rings. The van der Waals surface area contributed by atoms with Crippen LogP contribution in [0.5, 0.6) is 0 Å². The summed E-state index contributed by atoms with van der Waals surface area (Å²) in [6.07, 6.45) is 13.0. The van der Waals surface area contributed by atoms with Gasteiger partial charge in [-0.3, -0.25) is 9.36 Å². The molecule has 0 rings (SSSR count). The normalized spacial score (nSPS) is 12.5. The largest absolute Gasteiger partial charge is 1.00 e. The van der Waals surface area contributed by atoms with E-state index in [1.54, 1.807) is 0 Å². The zero-order valence-corrected chi connectivity index (χ0v) is 19.4. The van der Waals surface area contributed by atoms with Crippen LogP contribution in [0.1, 0.15) is 98.7 Å². The molecule has 0 aromatic carbocycles. The van der Waals surface area contributed by atoms with Crippen molar-refractivity contribution in [1.29, 1.82) is 0 Å². The maximum Gasteiger partial charge on any atom is 1.00 e. The van der Waals surface area contributed by atoms with E-state index in [9.17, 15) is 19.1 Å². The van der Waals surface area contributed by atoms with Gasteiger partial charge in [0, 0.05) is 0 Å². The second-order valence-corrected chi connectivity index (χ2v) is 8.40. The molecular formula is C18H38NaO5P. The van der Waals surface area contributed by atoms with Gasteiger partial charge >= 0.3 is 43.1 Å². The second kappa shape index (κ2) is 18.0. The quantitative estimate of drug-likeness (QED) is 0.183. The second-order valence-electron chi connectivity index (χ2n) is 6.60. The van der Waals surface area contributed by atoms with Gasteiger partial charge in [-0.2, -0.15) is 0 Å². The summed E-state index contributed by atoms with van der Waals surface area (Å²) in [5.74, 6) is -0.734. The minimum atomic E-state index is -4.43. The smallest absolute Gasteiger partial charge is 1.00 e. The minimum absolute atomic E-state index is 0. The van der Waals surface area contributed by atoms with Gasteiger partial charge in [0.15, 0.2) is 5.66 Å². The molecule has 0 heterocycles. The summed E-state index contributed by atoms with van der Waals surface area (Å²) in [4.78, 5) is 30.7. The average Bonchev–Trinajstić information content (AvgIpc) is 2.51. The Morgan fingerprint density at radius 1 is 0.880 bits per heavy atom. The van der Waals surface area contributed by atoms with Crippen LogP contribution < -0.4 is 29.6 Å². The fourth-order valence-corrected chi connectivity index (χ4v) is 3.56. The van der Waals surface area contributed by atoms with Crippen LogP contribution in [-0.4, -0.2) is 28.0 Å². The van der Waals surface area contributed by atoms with Crippen molar-refractivity contribution in [3.05, 3.63) is 0 Å². The van der Waals surface area contributed by atoms with Gasteiger partial charge in [0.2, 0.25) is 0 Å². The van der Waals surface area contributed by atoms with E-state index in [1.165, 1.54) is 32.1 Å². The van der Waals surface area contributed by atoms with Gasteiger partial charge in [0.1, 0.15) is 0 Å². The predicted octanol–water partition coefficient (Wildman–Crippen LogP) is 2.30. The van der Waals surface area contributed by atoms with Crippen LogP contribution in [0.4, 0.5) is 0 Å². The molecule has 0 aromatic heterocycles. The molecule has 146 valence electrons. The van der Waals surface area contributed by atoms with Crippen molar-refractivity contribution < 1.29 is 54.9 Å². The Morgan fingerprint density at radius 3 is 1.80 bits per heavy atom. The molecule has 1 atom stereocenters. The van der Waals surface area contributed by atoms with Crippen molar-refractivity contribution in [2.75, 3.05) is 6.61 Å². The fraction of sp³-hybridized carbons (Fsp3) is 0.944. The predicted molar refractivity (Wildman–Crippen MR) is 99.3 cm³/mol. The Kier molecular flexibility index (Phi) is 20.0. The molecule has 0 bridgehead atoms. The summed E-state index contributed by atoms with van der Waals surface area (Å²) in [6.45, 7) is 4.53. The van der Waals surface area contributed by atoms with Crippen molar-refractivity contribution in [3.8, 4) is 0 Å². The average molecular weight is 388 g/mol. The number of esters is 1. The molecule has 0 amide bonds. The van der Waals surface area contributed by atoms with Crippen LogP contribution in [-0.2, 0) is 14.1 Å². The molecule has 0 aliphatic heterocycles. The Bertz CT molecular complexity index is 365. The maximum atomic E-state index is 11.9. The molecule has 25 heavy (non-hydrogen) atoms. The molecular weight excluding hydrogens is 350 g/mol. The van der Waals surface area contributed by atoms with Crippen molar-refractivity contribution in [2.45, 2.75) is 103 Å². The number of carbonyl (C=O) groups excluding carboxylic acids is 1. The molecule has 0 saturated heterocycles. The molecule has 0 aromatic rings. The van der Waals surface area contributed by atoms with Gasteiger partial charge < -0.3 is 16.0 Å². The van der Waals surface area contributed by atoms with Crippen LogP contribution >= 0.6 is 7.60 Å². The maximum absolute atomic E-state index is 11.9. The van der Waals surface area contributed by atoms with Crippen molar-refractivity contribution in [3.63, 3.8) is 0 Å². The zero-order chi connectivity index (χ0) is 18.3. The summed E-state index contributed by atoms with van der Waals surface area (Å²) in [6, 6.07) is 0.